The first-order valence-corrected chi connectivity index (χ1v) is 6.63. The van der Waals surface area contributed by atoms with Gasteiger partial charge >= 0.3 is 5.97 Å². The molecule has 102 valence electrons. The highest BCUT2D eigenvalue weighted by molar-refractivity contribution is 5.85. The minimum Gasteiger partial charge on any atom is -0.480 e. The molecular weight excluding hydrogens is 240 g/mol. The van der Waals surface area contributed by atoms with Crippen molar-refractivity contribution < 1.29 is 9.90 Å². The number of nitrogens with one attached hydrogen (secondary N) is 1. The Hall–Kier alpha value is -1.81. The fourth-order valence-corrected chi connectivity index (χ4v) is 2.17. The first-order valence-electron chi connectivity index (χ1n) is 6.63. The molecule has 4 nitrogen and oxygen atoms in total. The maximum absolute atomic E-state index is 10.9. The number of fused-ring (bicyclic) bond motifs is 1. The Morgan fingerprint density at radius 3 is 2.84 bits per heavy atom. The second kappa shape index (κ2) is 5.89. The summed E-state index contributed by atoms with van der Waals surface area (Å²) in [6, 6.07) is 8.39. The zero-order valence-electron chi connectivity index (χ0n) is 11.4. The Morgan fingerprint density at radius 2 is 2.16 bits per heavy atom. The molecule has 1 aromatic heterocycles. The van der Waals surface area contributed by atoms with Gasteiger partial charge in [0.1, 0.15) is 6.54 Å². The van der Waals surface area contributed by atoms with Crippen molar-refractivity contribution in [2.24, 2.45) is 0 Å². The third-order valence-electron chi connectivity index (χ3n) is 3.43. The molecule has 0 fully saturated rings. The number of rotatable bonds is 6. The molecule has 0 saturated carbocycles. The maximum atomic E-state index is 10.9. The Morgan fingerprint density at radius 1 is 1.42 bits per heavy atom. The van der Waals surface area contributed by atoms with E-state index in [-0.39, 0.29) is 6.54 Å². The third-order valence-corrected chi connectivity index (χ3v) is 3.43. The minimum absolute atomic E-state index is 0.00381. The van der Waals surface area contributed by atoms with Gasteiger partial charge in [0.05, 0.1) is 0 Å². The highest BCUT2D eigenvalue weighted by Gasteiger charge is 2.10. The number of nitrogens with zero attached hydrogens (tertiary/aromatic N) is 1. The van der Waals surface area contributed by atoms with Gasteiger partial charge in [0, 0.05) is 29.7 Å². The summed E-state index contributed by atoms with van der Waals surface area (Å²) in [4.78, 5) is 10.9. The van der Waals surface area contributed by atoms with Crippen molar-refractivity contribution in [1.82, 2.24) is 9.88 Å². The molecule has 4 heteroatoms. The lowest BCUT2D eigenvalue weighted by molar-refractivity contribution is -0.137. The van der Waals surface area contributed by atoms with E-state index in [2.05, 4.69) is 19.2 Å². The molecule has 1 heterocycles. The molecule has 0 radical (unpaired) electrons. The van der Waals surface area contributed by atoms with E-state index in [0.717, 1.165) is 29.4 Å². The number of carboxylic acids is 1. The van der Waals surface area contributed by atoms with E-state index in [1.54, 1.807) is 4.57 Å². The number of carbonyl (C=O) groups is 1. The molecule has 0 unspecified atom stereocenters. The zero-order valence-corrected chi connectivity index (χ0v) is 11.4. The molecule has 2 N–H and O–H groups in total. The van der Waals surface area contributed by atoms with E-state index in [9.17, 15) is 4.79 Å². The number of aromatic nitrogens is 1. The lowest BCUT2D eigenvalue weighted by Crippen LogP contribution is -2.24. The minimum atomic E-state index is -0.817. The van der Waals surface area contributed by atoms with Crippen LogP contribution < -0.4 is 5.32 Å². The summed E-state index contributed by atoms with van der Waals surface area (Å²) in [5.74, 6) is -0.817. The van der Waals surface area contributed by atoms with Crippen LogP contribution in [0, 0.1) is 0 Å². The Labute approximate surface area is 113 Å². The molecule has 0 amide bonds. The van der Waals surface area contributed by atoms with E-state index in [1.807, 2.05) is 30.5 Å². The number of aliphatic carboxylic acids is 1. The lowest BCUT2D eigenvalue weighted by Gasteiger charge is -2.10. The number of carboxylic acid groups (broad SMARTS) is 1. The van der Waals surface area contributed by atoms with Gasteiger partial charge in [-0.1, -0.05) is 25.1 Å². The van der Waals surface area contributed by atoms with Gasteiger partial charge in [0.2, 0.25) is 0 Å². The van der Waals surface area contributed by atoms with Crippen LogP contribution in [0.1, 0.15) is 25.8 Å². The van der Waals surface area contributed by atoms with Gasteiger partial charge in [0.25, 0.3) is 0 Å². The van der Waals surface area contributed by atoms with Gasteiger partial charge in [-0.2, -0.15) is 0 Å². The van der Waals surface area contributed by atoms with Crippen LogP contribution in [0.25, 0.3) is 10.9 Å². The molecular formula is C15H20N2O2. The van der Waals surface area contributed by atoms with Crippen LogP contribution in [0.15, 0.2) is 30.5 Å². The molecule has 0 aliphatic heterocycles. The highest BCUT2D eigenvalue weighted by Crippen LogP contribution is 2.21. The monoisotopic (exact) mass is 260 g/mol. The van der Waals surface area contributed by atoms with E-state index >= 15 is 0 Å². The van der Waals surface area contributed by atoms with E-state index in [4.69, 9.17) is 5.11 Å². The Bertz CT molecular complexity index is 575. The van der Waals surface area contributed by atoms with Crippen molar-refractivity contribution in [2.45, 2.75) is 39.4 Å². The quantitative estimate of drug-likeness (QED) is 0.839. The van der Waals surface area contributed by atoms with Crippen LogP contribution in [0.2, 0.25) is 0 Å². The Kier molecular flexibility index (Phi) is 4.22. The molecule has 19 heavy (non-hydrogen) atoms. The SMILES string of the molecule is CC[C@H](C)NCc1cn(CC(=O)O)c2ccccc12. The molecule has 1 aromatic carbocycles. The fourth-order valence-electron chi connectivity index (χ4n) is 2.17. The van der Waals surface area contributed by atoms with Gasteiger partial charge in [0.15, 0.2) is 0 Å². The summed E-state index contributed by atoms with van der Waals surface area (Å²) in [5.41, 5.74) is 2.13. The number of para-hydroxylation sites is 1. The van der Waals surface area contributed by atoms with Crippen molar-refractivity contribution in [1.29, 1.82) is 0 Å². The second-order valence-electron chi connectivity index (χ2n) is 4.88. The summed E-state index contributed by atoms with van der Waals surface area (Å²) in [5, 5.41) is 13.5. The number of benzene rings is 1. The van der Waals surface area contributed by atoms with Gasteiger partial charge in [-0.05, 0) is 25.0 Å². The second-order valence-corrected chi connectivity index (χ2v) is 4.88. The summed E-state index contributed by atoms with van der Waals surface area (Å²) < 4.78 is 1.80. The molecule has 2 aromatic rings. The topological polar surface area (TPSA) is 54.3 Å². The fraction of sp³-hybridized carbons (Fsp3) is 0.400. The van der Waals surface area contributed by atoms with E-state index in [1.165, 1.54) is 0 Å². The predicted molar refractivity (Wildman–Crippen MR) is 76.2 cm³/mol. The van der Waals surface area contributed by atoms with Crippen molar-refractivity contribution in [3.8, 4) is 0 Å². The molecule has 0 spiro atoms. The van der Waals surface area contributed by atoms with Crippen LogP contribution >= 0.6 is 0 Å². The molecule has 0 aliphatic rings. The van der Waals surface area contributed by atoms with Gasteiger partial charge in [-0.25, -0.2) is 0 Å². The smallest absolute Gasteiger partial charge is 0.323 e. The summed E-state index contributed by atoms with van der Waals surface area (Å²) in [6.45, 7) is 5.06. The van der Waals surface area contributed by atoms with Crippen molar-refractivity contribution >= 4 is 16.9 Å². The maximum Gasteiger partial charge on any atom is 0.323 e. The van der Waals surface area contributed by atoms with Crippen LogP contribution in [0.5, 0.6) is 0 Å². The predicted octanol–water partition coefficient (Wildman–Crippen LogP) is 2.61. The molecule has 1 atom stereocenters. The largest absolute Gasteiger partial charge is 0.480 e. The molecule has 0 bridgehead atoms. The lowest BCUT2D eigenvalue weighted by atomic mass is 10.1. The van der Waals surface area contributed by atoms with Gasteiger partial charge in [-0.15, -0.1) is 0 Å². The summed E-state index contributed by atoms with van der Waals surface area (Å²) in [7, 11) is 0. The van der Waals surface area contributed by atoms with E-state index < -0.39 is 5.97 Å². The van der Waals surface area contributed by atoms with Crippen molar-refractivity contribution in [3.05, 3.63) is 36.0 Å². The normalized spacial score (nSPS) is 12.7. The first kappa shape index (κ1) is 13.6. The van der Waals surface area contributed by atoms with Gasteiger partial charge < -0.3 is 15.0 Å². The highest BCUT2D eigenvalue weighted by atomic mass is 16.4. The number of hydrogen-bond donors (Lipinski definition) is 2. The van der Waals surface area contributed by atoms with Crippen LogP contribution in [-0.4, -0.2) is 21.7 Å². The number of hydrogen-bond acceptors (Lipinski definition) is 2. The van der Waals surface area contributed by atoms with E-state index in [0.29, 0.717) is 6.04 Å². The zero-order chi connectivity index (χ0) is 13.8. The standard InChI is InChI=1S/C15H20N2O2/c1-3-11(2)16-8-12-9-17(10-15(18)19)14-7-5-4-6-13(12)14/h4-7,9,11,16H,3,8,10H2,1-2H3,(H,18,19)/t11-/m0/s1. The molecule has 0 aliphatic carbocycles. The summed E-state index contributed by atoms with van der Waals surface area (Å²) >= 11 is 0. The van der Waals surface area contributed by atoms with Gasteiger partial charge in [-0.3, -0.25) is 4.79 Å². The average molecular weight is 260 g/mol. The molecule has 0 saturated heterocycles. The Balaban J connectivity index is 2.30. The summed E-state index contributed by atoms with van der Waals surface area (Å²) in [6.07, 6.45) is 3.02. The molecule has 2 rings (SSSR count). The van der Waals surface area contributed by atoms with Crippen LogP contribution in [0.4, 0.5) is 0 Å². The van der Waals surface area contributed by atoms with Crippen LogP contribution in [-0.2, 0) is 17.9 Å². The van der Waals surface area contributed by atoms with Crippen LogP contribution in [0.3, 0.4) is 0 Å². The average Bonchev–Trinajstić information content (AvgIpc) is 2.74. The van der Waals surface area contributed by atoms with Crippen molar-refractivity contribution in [2.75, 3.05) is 0 Å². The third kappa shape index (κ3) is 3.15. The van der Waals surface area contributed by atoms with Crippen molar-refractivity contribution in [3.63, 3.8) is 0 Å². The first-order chi connectivity index (χ1) is 9.11.